The number of hydrogen-bond donors (Lipinski definition) is 1. The molecule has 3 nitrogen and oxygen atoms in total. The van der Waals surface area contributed by atoms with Gasteiger partial charge in [0.2, 0.25) is 0 Å². The second-order valence-electron chi connectivity index (χ2n) is 6.20. The summed E-state index contributed by atoms with van der Waals surface area (Å²) in [7, 11) is 0. The van der Waals surface area contributed by atoms with Crippen LogP contribution in [0.4, 0.5) is 8.78 Å². The lowest BCUT2D eigenvalue weighted by Crippen LogP contribution is -2.49. The minimum atomic E-state index is -1.09. The fraction of sp³-hybridized carbons (Fsp3) is 0.562. The number of piperidine rings is 1. The van der Waals surface area contributed by atoms with Gasteiger partial charge in [-0.15, -0.1) is 0 Å². The molecule has 1 saturated heterocycles. The lowest BCUT2D eigenvalue weighted by molar-refractivity contribution is -0.00552. The lowest BCUT2D eigenvalue weighted by atomic mass is 9.76. The van der Waals surface area contributed by atoms with Crippen molar-refractivity contribution in [3.8, 4) is 0 Å². The Balaban J connectivity index is 1.83. The Morgan fingerprint density at radius 2 is 2.05 bits per heavy atom. The zero-order valence-electron chi connectivity index (χ0n) is 11.8. The van der Waals surface area contributed by atoms with E-state index in [0.717, 1.165) is 38.2 Å². The molecule has 1 aromatic rings. The molecule has 3 rings (SSSR count). The predicted molar refractivity (Wildman–Crippen MR) is 73.8 cm³/mol. The van der Waals surface area contributed by atoms with Crippen molar-refractivity contribution in [1.82, 2.24) is 4.90 Å². The van der Waals surface area contributed by atoms with E-state index < -0.39 is 23.6 Å². The van der Waals surface area contributed by atoms with E-state index in [2.05, 4.69) is 0 Å². The summed E-state index contributed by atoms with van der Waals surface area (Å²) in [6, 6.07) is 3.66. The van der Waals surface area contributed by atoms with Crippen LogP contribution in [0.5, 0.6) is 0 Å². The number of hydrogen-bond acceptors (Lipinski definition) is 2. The number of carbonyl (C=O) groups is 1. The molecule has 21 heavy (non-hydrogen) atoms. The van der Waals surface area contributed by atoms with E-state index in [1.807, 2.05) is 0 Å². The highest BCUT2D eigenvalue weighted by molar-refractivity contribution is 5.94. The maximum absolute atomic E-state index is 13.8. The van der Waals surface area contributed by atoms with Crippen LogP contribution in [0.3, 0.4) is 0 Å². The van der Waals surface area contributed by atoms with Gasteiger partial charge in [0.1, 0.15) is 0 Å². The summed E-state index contributed by atoms with van der Waals surface area (Å²) in [6.45, 7) is 0.964. The third kappa shape index (κ3) is 2.44. The summed E-state index contributed by atoms with van der Waals surface area (Å²) in [6.07, 6.45) is 3.89. The number of likely N-dealkylation sites (tertiary alicyclic amines) is 1. The number of aliphatic hydroxyl groups excluding tert-OH is 1. The molecule has 0 aromatic heterocycles. The first-order chi connectivity index (χ1) is 10.0. The van der Waals surface area contributed by atoms with Crippen molar-refractivity contribution in [2.45, 2.75) is 38.2 Å². The fourth-order valence-corrected chi connectivity index (χ4v) is 3.77. The van der Waals surface area contributed by atoms with Crippen molar-refractivity contribution >= 4 is 5.91 Å². The van der Waals surface area contributed by atoms with Gasteiger partial charge in [0.05, 0.1) is 11.7 Å². The summed E-state index contributed by atoms with van der Waals surface area (Å²) in [5.41, 5.74) is -0.475. The summed E-state index contributed by atoms with van der Waals surface area (Å²) in [4.78, 5) is 14.0. The summed E-state index contributed by atoms with van der Waals surface area (Å²) in [5.74, 6) is -2.58. The summed E-state index contributed by atoms with van der Waals surface area (Å²) in [5, 5.41) is 10.2. The molecule has 1 heterocycles. The number of aliphatic hydroxyl groups is 1. The average Bonchev–Trinajstić information content (AvgIpc) is 2.82. The molecule has 1 amide bonds. The molecule has 114 valence electrons. The molecule has 2 atom stereocenters. The molecule has 0 radical (unpaired) electrons. The number of rotatable bonds is 1. The number of amides is 1. The fourth-order valence-electron chi connectivity index (χ4n) is 3.77. The number of halogens is 2. The Labute approximate surface area is 122 Å². The van der Waals surface area contributed by atoms with Gasteiger partial charge in [-0.3, -0.25) is 4.79 Å². The smallest absolute Gasteiger partial charge is 0.256 e. The average molecular weight is 295 g/mol. The van der Waals surface area contributed by atoms with E-state index in [0.29, 0.717) is 13.1 Å². The number of benzene rings is 1. The highest BCUT2D eigenvalue weighted by Crippen LogP contribution is 2.45. The van der Waals surface area contributed by atoms with Gasteiger partial charge in [-0.1, -0.05) is 12.5 Å². The molecular weight excluding hydrogens is 276 g/mol. The molecule has 1 aromatic carbocycles. The van der Waals surface area contributed by atoms with Crippen LogP contribution in [-0.2, 0) is 0 Å². The Morgan fingerprint density at radius 1 is 1.29 bits per heavy atom. The van der Waals surface area contributed by atoms with E-state index in [1.54, 1.807) is 4.90 Å². The molecular formula is C16H19F2NO2. The van der Waals surface area contributed by atoms with Crippen molar-refractivity contribution in [2.24, 2.45) is 5.41 Å². The normalized spacial score (nSPS) is 29.1. The van der Waals surface area contributed by atoms with Crippen LogP contribution in [0.2, 0.25) is 0 Å². The second-order valence-corrected chi connectivity index (χ2v) is 6.20. The van der Waals surface area contributed by atoms with Crippen molar-refractivity contribution < 1.29 is 18.7 Å². The zero-order chi connectivity index (χ0) is 15.0. The van der Waals surface area contributed by atoms with Crippen LogP contribution >= 0.6 is 0 Å². The molecule has 0 unspecified atom stereocenters. The van der Waals surface area contributed by atoms with E-state index in [-0.39, 0.29) is 11.0 Å². The second kappa shape index (κ2) is 5.37. The Bertz CT molecular complexity index is 563. The summed E-state index contributed by atoms with van der Waals surface area (Å²) >= 11 is 0. The highest BCUT2D eigenvalue weighted by Gasteiger charge is 2.45. The molecule has 2 aliphatic rings. The molecule has 1 saturated carbocycles. The van der Waals surface area contributed by atoms with E-state index >= 15 is 0 Å². The molecule has 5 heteroatoms. The Kier molecular flexibility index (Phi) is 3.69. The Hall–Kier alpha value is -1.49. The minimum absolute atomic E-state index is 0.223. The van der Waals surface area contributed by atoms with Crippen molar-refractivity contribution in [3.05, 3.63) is 35.4 Å². The van der Waals surface area contributed by atoms with Gasteiger partial charge >= 0.3 is 0 Å². The minimum Gasteiger partial charge on any atom is -0.392 e. The maximum Gasteiger partial charge on any atom is 0.256 e. The molecule has 0 bridgehead atoms. The standard InChI is InChI=1S/C16H19F2NO2/c17-12-5-1-4-11(14(12)18)15(21)19-9-3-8-16(10-19)7-2-6-13(16)20/h1,4-5,13,20H,2-3,6-10H2/t13-,16+/m1/s1. The molecule has 1 N–H and O–H groups in total. The van der Waals surface area contributed by atoms with Gasteiger partial charge in [0.15, 0.2) is 11.6 Å². The topological polar surface area (TPSA) is 40.5 Å². The summed E-state index contributed by atoms with van der Waals surface area (Å²) < 4.78 is 27.1. The third-order valence-corrected chi connectivity index (χ3v) is 4.94. The quantitative estimate of drug-likeness (QED) is 0.865. The van der Waals surface area contributed by atoms with Gasteiger partial charge in [0, 0.05) is 18.5 Å². The van der Waals surface area contributed by atoms with Gasteiger partial charge in [-0.2, -0.15) is 0 Å². The van der Waals surface area contributed by atoms with Crippen molar-refractivity contribution in [2.75, 3.05) is 13.1 Å². The van der Waals surface area contributed by atoms with E-state index in [1.165, 1.54) is 12.1 Å². The first kappa shape index (κ1) is 14.4. The van der Waals surface area contributed by atoms with Gasteiger partial charge in [-0.05, 0) is 37.8 Å². The zero-order valence-corrected chi connectivity index (χ0v) is 11.8. The van der Waals surface area contributed by atoms with Crippen molar-refractivity contribution in [3.63, 3.8) is 0 Å². The van der Waals surface area contributed by atoms with Crippen LogP contribution in [0.1, 0.15) is 42.5 Å². The van der Waals surface area contributed by atoms with Crippen LogP contribution in [0.25, 0.3) is 0 Å². The first-order valence-electron chi connectivity index (χ1n) is 7.45. The maximum atomic E-state index is 13.8. The molecule has 1 spiro atoms. The lowest BCUT2D eigenvalue weighted by Gasteiger charge is -2.42. The van der Waals surface area contributed by atoms with Gasteiger partial charge < -0.3 is 10.0 Å². The molecule has 1 aliphatic heterocycles. The first-order valence-corrected chi connectivity index (χ1v) is 7.45. The van der Waals surface area contributed by atoms with E-state index in [4.69, 9.17) is 0 Å². The SMILES string of the molecule is O=C(c1cccc(F)c1F)N1CCC[C@@]2(CCC[C@H]2O)C1. The van der Waals surface area contributed by atoms with E-state index in [9.17, 15) is 18.7 Å². The van der Waals surface area contributed by atoms with Gasteiger partial charge in [-0.25, -0.2) is 8.78 Å². The predicted octanol–water partition coefficient (Wildman–Crippen LogP) is 2.73. The number of carbonyl (C=O) groups excluding carboxylic acids is 1. The monoisotopic (exact) mass is 295 g/mol. The van der Waals surface area contributed by atoms with Gasteiger partial charge in [0.25, 0.3) is 5.91 Å². The number of nitrogens with zero attached hydrogens (tertiary/aromatic N) is 1. The van der Waals surface area contributed by atoms with Crippen LogP contribution in [0, 0.1) is 17.0 Å². The third-order valence-electron chi connectivity index (χ3n) is 4.94. The largest absolute Gasteiger partial charge is 0.392 e. The van der Waals surface area contributed by atoms with Crippen LogP contribution in [-0.4, -0.2) is 35.1 Å². The molecule has 2 fully saturated rings. The van der Waals surface area contributed by atoms with Crippen molar-refractivity contribution in [1.29, 1.82) is 0 Å². The highest BCUT2D eigenvalue weighted by atomic mass is 19.2. The molecule has 1 aliphatic carbocycles. The van der Waals surface area contributed by atoms with Crippen LogP contribution < -0.4 is 0 Å². The Morgan fingerprint density at radius 3 is 2.76 bits per heavy atom. The van der Waals surface area contributed by atoms with Crippen LogP contribution in [0.15, 0.2) is 18.2 Å².